The Bertz CT molecular complexity index is 337. The first-order valence-corrected chi connectivity index (χ1v) is 7.79. The van der Waals surface area contributed by atoms with Crippen molar-refractivity contribution in [1.29, 1.82) is 0 Å². The summed E-state index contributed by atoms with van der Waals surface area (Å²) in [5.41, 5.74) is 0. The topological polar surface area (TPSA) is 69.6 Å². The van der Waals surface area contributed by atoms with Crippen LogP contribution in [0.2, 0.25) is 0 Å². The summed E-state index contributed by atoms with van der Waals surface area (Å²) in [4.78, 5) is 24.7. The van der Waals surface area contributed by atoms with Crippen LogP contribution in [0.4, 0.5) is 4.79 Å². The number of carbonyl (C=O) groups is 2. The Kier molecular flexibility index (Phi) is 5.26. The molecular formula is C15H26N2O3. The van der Waals surface area contributed by atoms with E-state index in [1.807, 2.05) is 11.8 Å². The van der Waals surface area contributed by atoms with Crippen molar-refractivity contribution in [2.45, 2.75) is 45.4 Å². The van der Waals surface area contributed by atoms with Crippen LogP contribution in [0.25, 0.3) is 0 Å². The molecule has 0 bridgehead atoms. The lowest BCUT2D eigenvalue weighted by Gasteiger charge is -2.24. The highest BCUT2D eigenvalue weighted by molar-refractivity contribution is 5.74. The third-order valence-electron chi connectivity index (χ3n) is 4.09. The Morgan fingerprint density at radius 3 is 2.20 bits per heavy atom. The summed E-state index contributed by atoms with van der Waals surface area (Å²) in [6, 6.07) is 0.0333. The second kappa shape index (κ2) is 6.95. The number of hydrogen-bond acceptors (Lipinski definition) is 2. The van der Waals surface area contributed by atoms with Crippen molar-refractivity contribution in [1.82, 2.24) is 10.2 Å². The van der Waals surface area contributed by atoms with Crippen molar-refractivity contribution in [3.63, 3.8) is 0 Å². The van der Waals surface area contributed by atoms with Crippen LogP contribution < -0.4 is 5.32 Å². The third-order valence-corrected chi connectivity index (χ3v) is 4.09. The van der Waals surface area contributed by atoms with E-state index >= 15 is 0 Å². The zero-order chi connectivity index (χ0) is 14.5. The fraction of sp³-hybridized carbons (Fsp3) is 0.867. The predicted molar refractivity (Wildman–Crippen MR) is 76.5 cm³/mol. The van der Waals surface area contributed by atoms with E-state index in [4.69, 9.17) is 5.11 Å². The summed E-state index contributed by atoms with van der Waals surface area (Å²) < 4.78 is 0. The molecule has 114 valence electrons. The number of carboxylic acid groups (broad SMARTS) is 1. The number of aliphatic carboxylic acids is 1. The van der Waals surface area contributed by atoms with Crippen LogP contribution in [0.1, 0.15) is 45.4 Å². The Labute approximate surface area is 120 Å². The molecule has 0 aliphatic heterocycles. The van der Waals surface area contributed by atoms with Crippen molar-refractivity contribution < 1.29 is 14.7 Å². The molecule has 5 nitrogen and oxygen atoms in total. The van der Waals surface area contributed by atoms with Crippen LogP contribution in [0.3, 0.4) is 0 Å². The molecule has 0 aromatic rings. The Morgan fingerprint density at radius 1 is 1.20 bits per heavy atom. The molecule has 2 aliphatic carbocycles. The molecule has 20 heavy (non-hydrogen) atoms. The lowest BCUT2D eigenvalue weighted by Crippen LogP contribution is -2.43. The SMILES string of the molecule is CC(CCC(=O)O)CNC(=O)N(CC1CC1)CC1CC1. The number of nitrogens with zero attached hydrogens (tertiary/aromatic N) is 1. The fourth-order valence-electron chi connectivity index (χ4n) is 2.31. The molecule has 0 aromatic heterocycles. The first kappa shape index (κ1) is 15.1. The summed E-state index contributed by atoms with van der Waals surface area (Å²) in [6.45, 7) is 4.34. The highest BCUT2D eigenvalue weighted by Gasteiger charge is 2.31. The highest BCUT2D eigenvalue weighted by Crippen LogP contribution is 2.33. The van der Waals surface area contributed by atoms with E-state index in [1.54, 1.807) is 0 Å². The molecular weight excluding hydrogens is 256 g/mol. The Hall–Kier alpha value is -1.26. The first-order valence-electron chi connectivity index (χ1n) is 7.79. The minimum absolute atomic E-state index is 0.0333. The van der Waals surface area contributed by atoms with Gasteiger partial charge in [-0.2, -0.15) is 0 Å². The number of carbonyl (C=O) groups excluding carboxylic acids is 1. The highest BCUT2D eigenvalue weighted by atomic mass is 16.4. The van der Waals surface area contributed by atoms with E-state index in [-0.39, 0.29) is 18.4 Å². The van der Waals surface area contributed by atoms with Crippen LogP contribution in [-0.2, 0) is 4.79 Å². The van der Waals surface area contributed by atoms with E-state index in [2.05, 4.69) is 5.32 Å². The Morgan fingerprint density at radius 2 is 1.75 bits per heavy atom. The second-order valence-corrected chi connectivity index (χ2v) is 6.52. The van der Waals surface area contributed by atoms with Gasteiger partial charge in [-0.25, -0.2) is 4.79 Å². The average Bonchev–Trinajstić information content (AvgIpc) is 3.27. The lowest BCUT2D eigenvalue weighted by molar-refractivity contribution is -0.137. The molecule has 1 unspecified atom stereocenters. The van der Waals surface area contributed by atoms with E-state index in [9.17, 15) is 9.59 Å². The van der Waals surface area contributed by atoms with Gasteiger partial charge >= 0.3 is 12.0 Å². The molecule has 2 amide bonds. The van der Waals surface area contributed by atoms with E-state index in [1.165, 1.54) is 25.7 Å². The van der Waals surface area contributed by atoms with Crippen LogP contribution in [0.5, 0.6) is 0 Å². The van der Waals surface area contributed by atoms with E-state index < -0.39 is 5.97 Å². The normalized spacial score (nSPS) is 19.4. The number of hydrogen-bond donors (Lipinski definition) is 2. The van der Waals surface area contributed by atoms with Crippen molar-refractivity contribution >= 4 is 12.0 Å². The number of nitrogens with one attached hydrogen (secondary N) is 1. The average molecular weight is 282 g/mol. The molecule has 1 atom stereocenters. The fourth-order valence-corrected chi connectivity index (χ4v) is 2.31. The standard InChI is InChI=1S/C15H26N2O3/c1-11(2-7-14(18)19)8-16-15(20)17(9-12-3-4-12)10-13-5-6-13/h11-13H,2-10H2,1H3,(H,16,20)(H,18,19). The van der Waals surface area contributed by atoms with Crippen molar-refractivity contribution in [2.75, 3.05) is 19.6 Å². The van der Waals surface area contributed by atoms with Gasteiger partial charge in [0.05, 0.1) is 0 Å². The number of carboxylic acids is 1. The number of rotatable bonds is 9. The summed E-state index contributed by atoms with van der Waals surface area (Å²) in [5, 5.41) is 11.6. The van der Waals surface area contributed by atoms with Crippen LogP contribution >= 0.6 is 0 Å². The molecule has 5 heteroatoms. The Balaban J connectivity index is 1.68. The molecule has 2 N–H and O–H groups in total. The maximum atomic E-state index is 12.2. The van der Waals surface area contributed by atoms with Gasteiger partial charge in [-0.15, -0.1) is 0 Å². The van der Waals surface area contributed by atoms with Crippen molar-refractivity contribution in [2.24, 2.45) is 17.8 Å². The van der Waals surface area contributed by atoms with Gasteiger partial charge in [-0.3, -0.25) is 4.79 Å². The minimum atomic E-state index is -0.771. The zero-order valence-corrected chi connectivity index (χ0v) is 12.3. The molecule has 2 aliphatic rings. The van der Waals surface area contributed by atoms with Gasteiger partial charge in [-0.05, 0) is 49.9 Å². The van der Waals surface area contributed by atoms with Gasteiger partial charge in [0.25, 0.3) is 0 Å². The van der Waals surface area contributed by atoms with Gasteiger partial charge < -0.3 is 15.3 Å². The van der Waals surface area contributed by atoms with Crippen LogP contribution in [-0.4, -0.2) is 41.6 Å². The maximum absolute atomic E-state index is 12.2. The molecule has 2 rings (SSSR count). The minimum Gasteiger partial charge on any atom is -0.481 e. The summed E-state index contributed by atoms with van der Waals surface area (Å²) in [5.74, 6) is 0.860. The zero-order valence-electron chi connectivity index (χ0n) is 12.3. The second-order valence-electron chi connectivity index (χ2n) is 6.52. The predicted octanol–water partition coefficient (Wildman–Crippen LogP) is 2.32. The molecule has 0 radical (unpaired) electrons. The molecule has 2 fully saturated rings. The maximum Gasteiger partial charge on any atom is 0.317 e. The van der Waals surface area contributed by atoms with Crippen LogP contribution in [0, 0.1) is 17.8 Å². The first-order chi connectivity index (χ1) is 9.54. The number of urea groups is 1. The van der Waals surface area contributed by atoms with Gasteiger partial charge in [0, 0.05) is 26.1 Å². The van der Waals surface area contributed by atoms with Crippen LogP contribution in [0.15, 0.2) is 0 Å². The smallest absolute Gasteiger partial charge is 0.317 e. The van der Waals surface area contributed by atoms with E-state index in [0.717, 1.165) is 13.1 Å². The van der Waals surface area contributed by atoms with Gasteiger partial charge in [0.15, 0.2) is 0 Å². The summed E-state index contributed by atoms with van der Waals surface area (Å²) >= 11 is 0. The van der Waals surface area contributed by atoms with E-state index in [0.29, 0.717) is 24.8 Å². The number of amides is 2. The van der Waals surface area contributed by atoms with Crippen molar-refractivity contribution in [3.05, 3.63) is 0 Å². The van der Waals surface area contributed by atoms with Gasteiger partial charge in [0.1, 0.15) is 0 Å². The molecule has 0 aromatic carbocycles. The monoisotopic (exact) mass is 282 g/mol. The van der Waals surface area contributed by atoms with Crippen molar-refractivity contribution in [3.8, 4) is 0 Å². The largest absolute Gasteiger partial charge is 0.481 e. The third kappa shape index (κ3) is 5.80. The summed E-state index contributed by atoms with van der Waals surface area (Å²) in [7, 11) is 0. The lowest BCUT2D eigenvalue weighted by atomic mass is 10.1. The quantitative estimate of drug-likeness (QED) is 0.682. The molecule has 0 heterocycles. The van der Waals surface area contributed by atoms with Gasteiger partial charge in [0.2, 0.25) is 0 Å². The van der Waals surface area contributed by atoms with Gasteiger partial charge in [-0.1, -0.05) is 6.92 Å². The molecule has 0 saturated heterocycles. The summed E-state index contributed by atoms with van der Waals surface area (Å²) in [6.07, 6.45) is 5.80. The molecule has 0 spiro atoms. The molecule has 2 saturated carbocycles.